The Balaban J connectivity index is 1.86. The molecule has 0 radical (unpaired) electrons. The van der Waals surface area contributed by atoms with Crippen LogP contribution in [0.2, 0.25) is 0 Å². The number of hydrogen-bond donors (Lipinski definition) is 7. The number of hydrogen-bond acceptors (Lipinski definition) is 15. The molecule has 0 bridgehead atoms. The van der Waals surface area contributed by atoms with E-state index in [0.29, 0.717) is 12.8 Å². The third-order valence-electron chi connectivity index (χ3n) is 11.2. The molecule has 7 N–H and O–H groups in total. The summed E-state index contributed by atoms with van der Waals surface area (Å²) in [6.07, 6.45) is 29.1. The van der Waals surface area contributed by atoms with Gasteiger partial charge in [-0.3, -0.25) is 9.59 Å². The molecule has 15 nitrogen and oxygen atoms in total. The number of carbonyl (C=O) groups excluding carboxylic acids is 2. The molecule has 2 rings (SSSR count). The predicted molar refractivity (Wildman–Crippen MR) is 256 cm³/mol. The van der Waals surface area contributed by atoms with Crippen LogP contribution in [0.25, 0.3) is 0 Å². The molecule has 2 aliphatic rings. The largest absolute Gasteiger partial charge is 0.462 e. The molecule has 2 fully saturated rings. The van der Waals surface area contributed by atoms with Gasteiger partial charge in [0.2, 0.25) is 0 Å². The van der Waals surface area contributed by atoms with Gasteiger partial charge in [0.1, 0.15) is 55.4 Å². The van der Waals surface area contributed by atoms with Crippen LogP contribution >= 0.6 is 0 Å². The van der Waals surface area contributed by atoms with Crippen molar-refractivity contribution in [2.24, 2.45) is 0 Å². The number of rotatable bonds is 36. The van der Waals surface area contributed by atoms with Crippen LogP contribution in [-0.2, 0) is 38.0 Å². The lowest BCUT2D eigenvalue weighted by molar-refractivity contribution is -0.332. The van der Waals surface area contributed by atoms with Crippen molar-refractivity contribution in [3.63, 3.8) is 0 Å². The SMILES string of the molecule is CCC/C=C/C=C/C=C/C=C/C=C/CCCCCCCC(=O)OCC(CO[C@@H]1O[C@H](CO[C@@H]2O[C@H](CO)[C@H](O)C(O)C2O)[C@H](O)C(O)C1O)OC(=O)CC/C=C/C/C=C/CCCCCCCC. The number of esters is 2. The lowest BCUT2D eigenvalue weighted by Crippen LogP contribution is -2.61. The van der Waals surface area contributed by atoms with Crippen molar-refractivity contribution in [1.29, 1.82) is 0 Å². The van der Waals surface area contributed by atoms with Crippen molar-refractivity contribution in [2.45, 2.75) is 203 Å². The average Bonchev–Trinajstić information content (AvgIpc) is 3.32. The van der Waals surface area contributed by atoms with E-state index >= 15 is 0 Å². The number of aliphatic hydroxyl groups is 7. The molecule has 0 aromatic carbocycles. The Labute approximate surface area is 399 Å². The fourth-order valence-electron chi connectivity index (χ4n) is 7.12. The van der Waals surface area contributed by atoms with E-state index in [1.807, 2.05) is 54.7 Å². The minimum Gasteiger partial charge on any atom is -0.462 e. The maximum Gasteiger partial charge on any atom is 0.306 e. The number of ether oxygens (including phenoxy) is 6. The van der Waals surface area contributed by atoms with Crippen LogP contribution < -0.4 is 0 Å². The fourth-order valence-corrected chi connectivity index (χ4v) is 7.12. The van der Waals surface area contributed by atoms with Crippen molar-refractivity contribution in [1.82, 2.24) is 0 Å². The van der Waals surface area contributed by atoms with Gasteiger partial charge >= 0.3 is 11.9 Å². The molecule has 2 heterocycles. The summed E-state index contributed by atoms with van der Waals surface area (Å²) in [5.74, 6) is -1.04. The van der Waals surface area contributed by atoms with Gasteiger partial charge in [-0.15, -0.1) is 0 Å². The molecule has 0 aromatic rings. The van der Waals surface area contributed by atoms with E-state index in [1.165, 1.54) is 38.5 Å². The first-order valence-corrected chi connectivity index (χ1v) is 24.7. The van der Waals surface area contributed by atoms with Gasteiger partial charge in [0.05, 0.1) is 19.8 Å². The van der Waals surface area contributed by atoms with Crippen LogP contribution in [0.15, 0.2) is 85.1 Å². The summed E-state index contributed by atoms with van der Waals surface area (Å²) < 4.78 is 33.4. The molecule has 5 unspecified atom stereocenters. The standard InChI is InChI=1S/C52H84O15/c1-3-5-7-9-11-13-15-17-18-19-20-21-23-24-26-28-30-32-34-43(54)62-37-40(65-44(55)35-33-31-29-27-25-22-16-14-12-10-8-6-4-2)38-63-51-50(61)48(59)46(57)42(67-51)39-64-52-49(60)47(58)45(56)41(36-53)66-52/h7,9,11,13,15,17-22,25,29,31,40-42,45-53,56-61H,3-6,8,10,12,14,16,23-24,26-28,30,32-39H2,1-2H3/b9-7+,13-11+,17-15+,19-18+,21-20+,25-22+,31-29+/t40?,41-,42-,45+,46+,47?,48?,49?,50?,51-,52-/m1/s1. The molecule has 11 atom stereocenters. The van der Waals surface area contributed by atoms with E-state index in [-0.39, 0.29) is 19.4 Å². The van der Waals surface area contributed by atoms with Gasteiger partial charge in [0.25, 0.3) is 0 Å². The summed E-state index contributed by atoms with van der Waals surface area (Å²) in [4.78, 5) is 25.7. The summed E-state index contributed by atoms with van der Waals surface area (Å²) in [7, 11) is 0. The zero-order valence-electron chi connectivity index (χ0n) is 40.1. The molecule has 2 aliphatic heterocycles. The summed E-state index contributed by atoms with van der Waals surface area (Å²) >= 11 is 0. The highest BCUT2D eigenvalue weighted by Gasteiger charge is 2.47. The fraction of sp³-hybridized carbons (Fsp3) is 0.692. The van der Waals surface area contributed by atoms with Crippen molar-refractivity contribution in [3.05, 3.63) is 85.1 Å². The minimum atomic E-state index is -1.78. The summed E-state index contributed by atoms with van der Waals surface area (Å²) in [6.45, 7) is 2.37. The van der Waals surface area contributed by atoms with E-state index < -0.39 is 99.3 Å². The van der Waals surface area contributed by atoms with E-state index in [1.54, 1.807) is 0 Å². The minimum absolute atomic E-state index is 0.0480. The van der Waals surface area contributed by atoms with Crippen molar-refractivity contribution in [2.75, 3.05) is 26.4 Å². The lowest BCUT2D eigenvalue weighted by atomic mass is 9.98. The van der Waals surface area contributed by atoms with Gasteiger partial charge < -0.3 is 64.2 Å². The van der Waals surface area contributed by atoms with Gasteiger partial charge in [0.15, 0.2) is 18.7 Å². The van der Waals surface area contributed by atoms with Gasteiger partial charge in [-0.2, -0.15) is 0 Å². The third kappa shape index (κ3) is 26.9. The Morgan fingerprint density at radius 3 is 1.64 bits per heavy atom. The molecule has 382 valence electrons. The van der Waals surface area contributed by atoms with Gasteiger partial charge in [0, 0.05) is 12.8 Å². The Morgan fingerprint density at radius 2 is 1.01 bits per heavy atom. The third-order valence-corrected chi connectivity index (χ3v) is 11.2. The maximum absolute atomic E-state index is 12.9. The van der Waals surface area contributed by atoms with Crippen molar-refractivity contribution < 1.29 is 73.8 Å². The number of unbranched alkanes of at least 4 members (excludes halogenated alkanes) is 12. The second-order valence-electron chi connectivity index (χ2n) is 17.1. The Morgan fingerprint density at radius 1 is 0.493 bits per heavy atom. The quantitative estimate of drug-likeness (QED) is 0.0155. The van der Waals surface area contributed by atoms with E-state index in [0.717, 1.165) is 57.8 Å². The number of carbonyl (C=O) groups is 2. The molecule has 2 saturated heterocycles. The smallest absolute Gasteiger partial charge is 0.306 e. The summed E-state index contributed by atoms with van der Waals surface area (Å²) in [5.41, 5.74) is 0. The maximum atomic E-state index is 12.9. The van der Waals surface area contributed by atoms with Crippen LogP contribution in [0.5, 0.6) is 0 Å². The van der Waals surface area contributed by atoms with Gasteiger partial charge in [-0.05, 0) is 51.4 Å². The monoisotopic (exact) mass is 949 g/mol. The molecule has 0 amide bonds. The summed E-state index contributed by atoms with van der Waals surface area (Å²) in [6, 6.07) is 0. The first-order chi connectivity index (χ1) is 32.5. The number of aliphatic hydroxyl groups excluding tert-OH is 7. The van der Waals surface area contributed by atoms with Gasteiger partial charge in [-0.1, -0.05) is 157 Å². The Hall–Kier alpha value is -3.32. The normalized spacial score (nSPS) is 26.7. The zero-order valence-corrected chi connectivity index (χ0v) is 40.1. The molecule has 0 spiro atoms. The van der Waals surface area contributed by atoms with Crippen LogP contribution in [-0.4, -0.2) is 142 Å². The van der Waals surface area contributed by atoms with E-state index in [9.17, 15) is 45.3 Å². The zero-order chi connectivity index (χ0) is 48.9. The molecular weight excluding hydrogens is 865 g/mol. The highest BCUT2D eigenvalue weighted by molar-refractivity contribution is 5.70. The average molecular weight is 949 g/mol. The Bertz CT molecular complexity index is 1490. The predicted octanol–water partition coefficient (Wildman–Crippen LogP) is 6.43. The lowest BCUT2D eigenvalue weighted by Gasteiger charge is -2.42. The first-order valence-electron chi connectivity index (χ1n) is 24.7. The van der Waals surface area contributed by atoms with Crippen molar-refractivity contribution >= 4 is 11.9 Å². The summed E-state index contributed by atoms with van der Waals surface area (Å²) in [5, 5.41) is 72.0. The second-order valence-corrected chi connectivity index (χ2v) is 17.1. The van der Waals surface area contributed by atoms with E-state index in [2.05, 4.69) is 44.2 Å². The molecular formula is C52H84O15. The topological polar surface area (TPSA) is 231 Å². The molecule has 15 heteroatoms. The van der Waals surface area contributed by atoms with Crippen LogP contribution in [0.1, 0.15) is 136 Å². The Kier molecular flexibility index (Phi) is 34.4. The van der Waals surface area contributed by atoms with Gasteiger partial charge in [-0.25, -0.2) is 0 Å². The highest BCUT2D eigenvalue weighted by atomic mass is 16.7. The molecule has 0 aliphatic carbocycles. The highest BCUT2D eigenvalue weighted by Crippen LogP contribution is 2.26. The number of allylic oxidation sites excluding steroid dienone is 14. The molecule has 0 aromatic heterocycles. The molecule has 0 saturated carbocycles. The van der Waals surface area contributed by atoms with Crippen LogP contribution in [0.3, 0.4) is 0 Å². The molecule has 67 heavy (non-hydrogen) atoms. The van der Waals surface area contributed by atoms with Crippen LogP contribution in [0, 0.1) is 0 Å². The van der Waals surface area contributed by atoms with Crippen molar-refractivity contribution in [3.8, 4) is 0 Å². The first kappa shape index (κ1) is 59.8. The van der Waals surface area contributed by atoms with E-state index in [4.69, 9.17) is 28.4 Å². The van der Waals surface area contributed by atoms with Crippen LogP contribution in [0.4, 0.5) is 0 Å². The second kappa shape index (κ2) is 38.5.